The maximum absolute atomic E-state index is 12.4. The topological polar surface area (TPSA) is 41.6 Å². The van der Waals surface area contributed by atoms with Crippen molar-refractivity contribution < 1.29 is 9.53 Å². The standard InChI is InChI=1S/C17H24N2O2/c1-12-3-6-16(13(2)9-12)21-11-17(20)19-8-7-14-4-5-15(10-19)18-14/h3,6,9,14-15,18H,4-5,7-8,10-11H2,1-2H3. The Kier molecular flexibility index (Phi) is 4.15. The normalized spacial score (nSPS) is 24.8. The average Bonchev–Trinajstić information content (AvgIpc) is 2.77. The van der Waals surface area contributed by atoms with E-state index in [2.05, 4.69) is 18.3 Å². The Bertz CT molecular complexity index is 530. The number of ether oxygens (including phenoxy) is 1. The fraction of sp³-hybridized carbons (Fsp3) is 0.588. The van der Waals surface area contributed by atoms with Crippen molar-refractivity contribution in [3.05, 3.63) is 29.3 Å². The molecule has 1 aromatic rings. The van der Waals surface area contributed by atoms with Crippen LogP contribution in [0, 0.1) is 13.8 Å². The first-order valence-electron chi connectivity index (χ1n) is 7.85. The molecule has 2 bridgehead atoms. The summed E-state index contributed by atoms with van der Waals surface area (Å²) >= 11 is 0. The lowest BCUT2D eigenvalue weighted by Gasteiger charge is -2.24. The number of hydrogen-bond donors (Lipinski definition) is 1. The van der Waals surface area contributed by atoms with Gasteiger partial charge in [-0.15, -0.1) is 0 Å². The van der Waals surface area contributed by atoms with Gasteiger partial charge in [0.25, 0.3) is 5.91 Å². The van der Waals surface area contributed by atoms with Crippen molar-refractivity contribution in [2.24, 2.45) is 0 Å². The van der Waals surface area contributed by atoms with E-state index in [0.717, 1.165) is 30.8 Å². The summed E-state index contributed by atoms with van der Waals surface area (Å²) in [5.41, 5.74) is 2.29. The van der Waals surface area contributed by atoms with E-state index >= 15 is 0 Å². The molecule has 114 valence electrons. The van der Waals surface area contributed by atoms with Gasteiger partial charge in [-0.2, -0.15) is 0 Å². The monoisotopic (exact) mass is 288 g/mol. The SMILES string of the molecule is Cc1ccc(OCC(=O)N2CCC3CCC(C2)N3)c(C)c1. The summed E-state index contributed by atoms with van der Waals surface area (Å²) in [5, 5.41) is 3.59. The number of likely N-dealkylation sites (tertiary alicyclic amines) is 1. The highest BCUT2D eigenvalue weighted by atomic mass is 16.5. The third kappa shape index (κ3) is 3.38. The molecule has 0 saturated carbocycles. The molecule has 4 heteroatoms. The van der Waals surface area contributed by atoms with Crippen LogP contribution in [0.25, 0.3) is 0 Å². The third-order valence-corrected chi connectivity index (χ3v) is 4.56. The summed E-state index contributed by atoms with van der Waals surface area (Å²) in [4.78, 5) is 14.3. The van der Waals surface area contributed by atoms with Gasteiger partial charge >= 0.3 is 0 Å². The molecule has 21 heavy (non-hydrogen) atoms. The van der Waals surface area contributed by atoms with Crippen LogP contribution in [-0.2, 0) is 4.79 Å². The van der Waals surface area contributed by atoms with Crippen molar-refractivity contribution in [2.75, 3.05) is 19.7 Å². The molecule has 0 radical (unpaired) electrons. The maximum atomic E-state index is 12.4. The molecule has 2 atom stereocenters. The van der Waals surface area contributed by atoms with Crippen LogP contribution >= 0.6 is 0 Å². The van der Waals surface area contributed by atoms with Crippen LogP contribution in [0.15, 0.2) is 18.2 Å². The zero-order chi connectivity index (χ0) is 14.8. The average molecular weight is 288 g/mol. The zero-order valence-electron chi connectivity index (χ0n) is 12.9. The first-order chi connectivity index (χ1) is 10.1. The highest BCUT2D eigenvalue weighted by Gasteiger charge is 2.31. The second-order valence-corrected chi connectivity index (χ2v) is 6.32. The lowest BCUT2D eigenvalue weighted by Crippen LogP contribution is -2.41. The highest BCUT2D eigenvalue weighted by Crippen LogP contribution is 2.21. The van der Waals surface area contributed by atoms with Crippen LogP contribution in [-0.4, -0.2) is 42.6 Å². The molecular weight excluding hydrogens is 264 g/mol. The minimum Gasteiger partial charge on any atom is -0.484 e. The van der Waals surface area contributed by atoms with E-state index in [-0.39, 0.29) is 12.5 Å². The van der Waals surface area contributed by atoms with Crippen LogP contribution in [0.2, 0.25) is 0 Å². The van der Waals surface area contributed by atoms with Gasteiger partial charge in [0.1, 0.15) is 5.75 Å². The minimum absolute atomic E-state index is 0.101. The number of carbonyl (C=O) groups is 1. The smallest absolute Gasteiger partial charge is 0.260 e. The first-order valence-corrected chi connectivity index (χ1v) is 7.85. The van der Waals surface area contributed by atoms with Crippen LogP contribution < -0.4 is 10.1 Å². The lowest BCUT2D eigenvalue weighted by molar-refractivity contribution is -0.133. The molecule has 2 fully saturated rings. The highest BCUT2D eigenvalue weighted by molar-refractivity contribution is 5.78. The summed E-state index contributed by atoms with van der Waals surface area (Å²) < 4.78 is 5.72. The van der Waals surface area contributed by atoms with Crippen molar-refractivity contribution in [1.82, 2.24) is 10.2 Å². The molecule has 4 nitrogen and oxygen atoms in total. The molecule has 1 amide bonds. The number of benzene rings is 1. The van der Waals surface area contributed by atoms with E-state index < -0.39 is 0 Å². The number of amides is 1. The molecule has 1 N–H and O–H groups in total. The van der Waals surface area contributed by atoms with Crippen molar-refractivity contribution in [3.63, 3.8) is 0 Å². The van der Waals surface area contributed by atoms with Crippen LogP contribution in [0.4, 0.5) is 0 Å². The molecule has 0 aromatic heterocycles. The molecule has 0 spiro atoms. The van der Waals surface area contributed by atoms with E-state index in [1.54, 1.807) is 0 Å². The predicted octanol–water partition coefficient (Wildman–Crippen LogP) is 2.04. The van der Waals surface area contributed by atoms with Gasteiger partial charge in [0.2, 0.25) is 0 Å². The Morgan fingerprint density at radius 2 is 2.10 bits per heavy atom. The fourth-order valence-electron chi connectivity index (χ4n) is 3.36. The second kappa shape index (κ2) is 6.06. The molecular formula is C17H24N2O2. The summed E-state index contributed by atoms with van der Waals surface area (Å²) in [5.74, 6) is 0.910. The Morgan fingerprint density at radius 1 is 1.29 bits per heavy atom. The van der Waals surface area contributed by atoms with Crippen LogP contribution in [0.1, 0.15) is 30.4 Å². The molecule has 2 saturated heterocycles. The molecule has 2 aliphatic rings. The van der Waals surface area contributed by atoms with Crippen LogP contribution in [0.5, 0.6) is 5.75 Å². The summed E-state index contributed by atoms with van der Waals surface area (Å²) in [6, 6.07) is 7.12. The van der Waals surface area contributed by atoms with Gasteiger partial charge < -0.3 is 15.0 Å². The van der Waals surface area contributed by atoms with E-state index in [1.807, 2.05) is 24.0 Å². The van der Waals surface area contributed by atoms with Gasteiger partial charge in [-0.1, -0.05) is 17.7 Å². The second-order valence-electron chi connectivity index (χ2n) is 6.32. The Balaban J connectivity index is 1.56. The van der Waals surface area contributed by atoms with Crippen molar-refractivity contribution in [2.45, 2.75) is 45.2 Å². The van der Waals surface area contributed by atoms with E-state index in [1.165, 1.54) is 18.4 Å². The Hall–Kier alpha value is -1.55. The number of rotatable bonds is 3. The molecule has 2 heterocycles. The Morgan fingerprint density at radius 3 is 2.90 bits per heavy atom. The van der Waals surface area contributed by atoms with Crippen LogP contribution in [0.3, 0.4) is 0 Å². The maximum Gasteiger partial charge on any atom is 0.260 e. The number of nitrogens with one attached hydrogen (secondary N) is 1. The number of fused-ring (bicyclic) bond motifs is 2. The van der Waals surface area contributed by atoms with Gasteiger partial charge in [-0.3, -0.25) is 4.79 Å². The predicted molar refractivity (Wildman–Crippen MR) is 82.6 cm³/mol. The van der Waals surface area contributed by atoms with Crippen molar-refractivity contribution >= 4 is 5.91 Å². The van der Waals surface area contributed by atoms with E-state index in [4.69, 9.17) is 4.74 Å². The molecule has 0 aliphatic carbocycles. The summed E-state index contributed by atoms with van der Waals surface area (Å²) in [6.45, 7) is 5.89. The molecule has 2 unspecified atom stereocenters. The van der Waals surface area contributed by atoms with Gasteiger partial charge in [-0.05, 0) is 44.7 Å². The lowest BCUT2D eigenvalue weighted by atomic mass is 10.1. The van der Waals surface area contributed by atoms with Crippen molar-refractivity contribution in [1.29, 1.82) is 0 Å². The number of aryl methyl sites for hydroxylation is 2. The van der Waals surface area contributed by atoms with Gasteiger partial charge in [0.05, 0.1) is 0 Å². The van der Waals surface area contributed by atoms with Crippen molar-refractivity contribution in [3.8, 4) is 5.75 Å². The van der Waals surface area contributed by atoms with E-state index in [0.29, 0.717) is 12.1 Å². The molecule has 1 aromatic carbocycles. The number of hydrogen-bond acceptors (Lipinski definition) is 3. The van der Waals surface area contributed by atoms with Gasteiger partial charge in [-0.25, -0.2) is 0 Å². The van der Waals surface area contributed by atoms with E-state index in [9.17, 15) is 4.79 Å². The molecule has 2 aliphatic heterocycles. The fourth-order valence-corrected chi connectivity index (χ4v) is 3.36. The zero-order valence-corrected chi connectivity index (χ0v) is 12.9. The number of carbonyl (C=O) groups excluding carboxylic acids is 1. The van der Waals surface area contributed by atoms with Gasteiger partial charge in [0, 0.05) is 25.2 Å². The minimum atomic E-state index is 0.101. The number of nitrogens with zero attached hydrogens (tertiary/aromatic N) is 1. The summed E-state index contributed by atoms with van der Waals surface area (Å²) in [7, 11) is 0. The Labute approximate surface area is 126 Å². The summed E-state index contributed by atoms with van der Waals surface area (Å²) in [6.07, 6.45) is 3.50. The third-order valence-electron chi connectivity index (χ3n) is 4.56. The largest absolute Gasteiger partial charge is 0.484 e. The molecule has 3 rings (SSSR count). The first kappa shape index (κ1) is 14.4. The quantitative estimate of drug-likeness (QED) is 0.925. The van der Waals surface area contributed by atoms with Gasteiger partial charge in [0.15, 0.2) is 6.61 Å².